The fourth-order valence-corrected chi connectivity index (χ4v) is 2.66. The molecule has 4 nitrogen and oxygen atoms in total. The topological polar surface area (TPSA) is 36.9 Å². The van der Waals surface area contributed by atoms with E-state index in [1.165, 1.54) is 0 Å². The molecule has 0 unspecified atom stereocenters. The van der Waals surface area contributed by atoms with E-state index in [1.54, 1.807) is 21.3 Å². The van der Waals surface area contributed by atoms with Crippen molar-refractivity contribution in [2.45, 2.75) is 17.9 Å². The average molecular weight is 381 g/mol. The molecule has 23 heavy (non-hydrogen) atoms. The molecule has 0 aliphatic rings. The van der Waals surface area contributed by atoms with Crippen molar-refractivity contribution in [3.05, 3.63) is 48.0 Å². The molecule has 2 aromatic rings. The van der Waals surface area contributed by atoms with Gasteiger partial charge in [0.05, 0.1) is 26.2 Å². The molecular weight excluding hydrogens is 360 g/mol. The van der Waals surface area contributed by atoms with Crippen molar-refractivity contribution in [3.63, 3.8) is 0 Å². The summed E-state index contributed by atoms with van der Waals surface area (Å²) in [4.78, 5) is -0.00721. The van der Waals surface area contributed by atoms with Crippen LogP contribution in [0.4, 0.5) is 0 Å². The summed E-state index contributed by atoms with van der Waals surface area (Å²) in [6.45, 7) is 2.00. The van der Waals surface area contributed by atoms with Gasteiger partial charge in [0.25, 0.3) is 0 Å². The minimum absolute atomic E-state index is 0.00721. The number of rotatable bonds is 7. The van der Waals surface area contributed by atoms with Crippen LogP contribution < -0.4 is 18.9 Å². The molecule has 2 aromatic carbocycles. The summed E-state index contributed by atoms with van der Waals surface area (Å²) < 4.78 is 22.0. The molecule has 0 spiro atoms. The lowest BCUT2D eigenvalue weighted by Gasteiger charge is -2.22. The van der Waals surface area contributed by atoms with Crippen LogP contribution in [0.3, 0.4) is 0 Å². The highest BCUT2D eigenvalue weighted by molar-refractivity contribution is 9.09. The Hall–Kier alpha value is -1.88. The third-order valence-corrected chi connectivity index (χ3v) is 4.79. The van der Waals surface area contributed by atoms with Gasteiger partial charge in [-0.15, -0.1) is 0 Å². The zero-order valence-electron chi connectivity index (χ0n) is 13.7. The van der Waals surface area contributed by atoms with Crippen LogP contribution in [0.2, 0.25) is 0 Å². The summed E-state index contributed by atoms with van der Waals surface area (Å²) in [6, 6.07) is 13.4. The highest BCUT2D eigenvalue weighted by atomic mass is 79.9. The standard InChI is InChI=1S/C18H21BrO4/c1-12(23-16-8-6-5-7-14(16)20-2)18(19)13-9-10-15(21-3)17(11-13)22-4/h5-12,18H,1-4H3/t12-,18-/m0/s1. The molecule has 0 fully saturated rings. The van der Waals surface area contributed by atoms with E-state index in [0.29, 0.717) is 23.0 Å². The van der Waals surface area contributed by atoms with Crippen LogP contribution in [0, 0.1) is 0 Å². The van der Waals surface area contributed by atoms with Crippen molar-refractivity contribution in [2.75, 3.05) is 21.3 Å². The summed E-state index contributed by atoms with van der Waals surface area (Å²) >= 11 is 3.70. The van der Waals surface area contributed by atoms with Crippen LogP contribution in [0.25, 0.3) is 0 Å². The molecule has 0 aliphatic heterocycles. The number of benzene rings is 2. The van der Waals surface area contributed by atoms with E-state index in [1.807, 2.05) is 49.4 Å². The summed E-state index contributed by atoms with van der Waals surface area (Å²) in [5, 5.41) is 0. The molecule has 0 N–H and O–H groups in total. The maximum Gasteiger partial charge on any atom is 0.161 e. The van der Waals surface area contributed by atoms with Gasteiger partial charge in [0.15, 0.2) is 23.0 Å². The number of hydrogen-bond donors (Lipinski definition) is 0. The molecular formula is C18H21BrO4. The fourth-order valence-electron chi connectivity index (χ4n) is 2.27. The molecule has 2 atom stereocenters. The Balaban J connectivity index is 2.17. The first kappa shape index (κ1) is 17.5. The maximum atomic E-state index is 6.04. The van der Waals surface area contributed by atoms with E-state index in [-0.39, 0.29) is 10.9 Å². The lowest BCUT2D eigenvalue weighted by Crippen LogP contribution is -2.18. The molecule has 5 heteroatoms. The second kappa shape index (κ2) is 8.11. The Morgan fingerprint density at radius 2 is 1.35 bits per heavy atom. The monoisotopic (exact) mass is 380 g/mol. The lowest BCUT2D eigenvalue weighted by molar-refractivity contribution is 0.210. The predicted molar refractivity (Wildman–Crippen MR) is 94.3 cm³/mol. The molecule has 0 aliphatic carbocycles. The van der Waals surface area contributed by atoms with Crippen LogP contribution in [0.15, 0.2) is 42.5 Å². The molecule has 2 rings (SSSR count). The number of hydrogen-bond acceptors (Lipinski definition) is 4. The van der Waals surface area contributed by atoms with Crippen LogP contribution in [-0.2, 0) is 0 Å². The van der Waals surface area contributed by atoms with Crippen LogP contribution >= 0.6 is 15.9 Å². The molecule has 0 saturated carbocycles. The number of alkyl halides is 1. The quantitative estimate of drug-likeness (QED) is 0.656. The lowest BCUT2D eigenvalue weighted by atomic mass is 10.1. The van der Waals surface area contributed by atoms with Gasteiger partial charge in [-0.2, -0.15) is 0 Å². The van der Waals surface area contributed by atoms with Crippen molar-refractivity contribution < 1.29 is 18.9 Å². The Labute approximate surface area is 145 Å². The van der Waals surface area contributed by atoms with Gasteiger partial charge in [-0.05, 0) is 36.8 Å². The minimum atomic E-state index is -0.107. The molecule has 0 saturated heterocycles. The predicted octanol–water partition coefficient (Wildman–Crippen LogP) is 4.62. The van der Waals surface area contributed by atoms with Crippen LogP contribution in [0.5, 0.6) is 23.0 Å². The molecule has 0 aromatic heterocycles. The summed E-state index contributed by atoms with van der Waals surface area (Å²) in [7, 11) is 4.88. The van der Waals surface area contributed by atoms with Gasteiger partial charge in [-0.25, -0.2) is 0 Å². The summed E-state index contributed by atoms with van der Waals surface area (Å²) in [6.07, 6.45) is -0.107. The number of methoxy groups -OCH3 is 3. The van der Waals surface area contributed by atoms with E-state index in [9.17, 15) is 0 Å². The molecule has 0 radical (unpaired) electrons. The van der Waals surface area contributed by atoms with Gasteiger partial charge < -0.3 is 18.9 Å². The van der Waals surface area contributed by atoms with E-state index in [0.717, 1.165) is 5.56 Å². The highest BCUT2D eigenvalue weighted by Gasteiger charge is 2.20. The van der Waals surface area contributed by atoms with Gasteiger partial charge >= 0.3 is 0 Å². The van der Waals surface area contributed by atoms with Crippen molar-refractivity contribution >= 4 is 15.9 Å². The number of halogens is 1. The molecule has 124 valence electrons. The average Bonchev–Trinajstić information content (AvgIpc) is 2.60. The largest absolute Gasteiger partial charge is 0.493 e. The van der Waals surface area contributed by atoms with Crippen molar-refractivity contribution in [3.8, 4) is 23.0 Å². The zero-order valence-corrected chi connectivity index (χ0v) is 15.3. The minimum Gasteiger partial charge on any atom is -0.493 e. The van der Waals surface area contributed by atoms with E-state index in [2.05, 4.69) is 15.9 Å². The van der Waals surface area contributed by atoms with Crippen LogP contribution in [0.1, 0.15) is 17.3 Å². The molecule has 0 heterocycles. The molecule has 0 bridgehead atoms. The van der Waals surface area contributed by atoms with Crippen molar-refractivity contribution in [2.24, 2.45) is 0 Å². The third kappa shape index (κ3) is 4.10. The second-order valence-electron chi connectivity index (χ2n) is 4.99. The Morgan fingerprint density at radius 3 is 1.96 bits per heavy atom. The van der Waals surface area contributed by atoms with E-state index < -0.39 is 0 Å². The zero-order chi connectivity index (χ0) is 16.8. The van der Waals surface area contributed by atoms with Gasteiger partial charge in [0, 0.05) is 0 Å². The Kier molecular flexibility index (Phi) is 6.16. The van der Waals surface area contributed by atoms with Crippen LogP contribution in [-0.4, -0.2) is 27.4 Å². The highest BCUT2D eigenvalue weighted by Crippen LogP contribution is 2.37. The van der Waals surface area contributed by atoms with Crippen molar-refractivity contribution in [1.29, 1.82) is 0 Å². The smallest absolute Gasteiger partial charge is 0.161 e. The van der Waals surface area contributed by atoms with Gasteiger partial charge in [0.2, 0.25) is 0 Å². The van der Waals surface area contributed by atoms with E-state index >= 15 is 0 Å². The van der Waals surface area contributed by atoms with Crippen molar-refractivity contribution in [1.82, 2.24) is 0 Å². The van der Waals surface area contributed by atoms with Gasteiger partial charge in [-0.1, -0.05) is 34.1 Å². The Morgan fingerprint density at radius 1 is 0.783 bits per heavy atom. The SMILES string of the molecule is COc1ccc([C@@H](Br)[C@H](C)Oc2ccccc2OC)cc1OC. The number of ether oxygens (including phenoxy) is 4. The fraction of sp³-hybridized carbons (Fsp3) is 0.333. The second-order valence-corrected chi connectivity index (χ2v) is 5.98. The first-order chi connectivity index (χ1) is 11.1. The first-order valence-corrected chi connectivity index (χ1v) is 8.18. The Bertz CT molecular complexity index is 645. The van der Waals surface area contributed by atoms with E-state index in [4.69, 9.17) is 18.9 Å². The van der Waals surface area contributed by atoms with Gasteiger partial charge in [0.1, 0.15) is 6.10 Å². The van der Waals surface area contributed by atoms with Gasteiger partial charge in [-0.3, -0.25) is 0 Å². The summed E-state index contributed by atoms with van der Waals surface area (Å²) in [5.41, 5.74) is 1.05. The normalized spacial score (nSPS) is 13.1. The third-order valence-electron chi connectivity index (χ3n) is 3.52. The molecule has 0 amide bonds. The maximum absolute atomic E-state index is 6.04. The first-order valence-electron chi connectivity index (χ1n) is 7.26. The number of para-hydroxylation sites is 2. The summed E-state index contributed by atoms with van der Waals surface area (Å²) in [5.74, 6) is 2.83.